The van der Waals surface area contributed by atoms with Crippen LogP contribution in [0, 0.1) is 0 Å². The number of carbonyl (C=O) groups is 1. The maximum Gasteiger partial charge on any atom is 0.253 e. The summed E-state index contributed by atoms with van der Waals surface area (Å²) >= 11 is 0. The average Bonchev–Trinajstić information content (AvgIpc) is 2.45. The molecule has 1 aromatic rings. The van der Waals surface area contributed by atoms with Gasteiger partial charge in [0.15, 0.2) is 0 Å². The maximum absolute atomic E-state index is 11.8. The molecule has 20 heavy (non-hydrogen) atoms. The van der Waals surface area contributed by atoms with E-state index >= 15 is 0 Å². The van der Waals surface area contributed by atoms with Gasteiger partial charge in [-0.3, -0.25) is 4.79 Å². The van der Waals surface area contributed by atoms with Gasteiger partial charge in [-0.15, -0.1) is 0 Å². The monoisotopic (exact) mass is 279 g/mol. The van der Waals surface area contributed by atoms with Gasteiger partial charge >= 0.3 is 0 Å². The molecule has 1 aromatic carbocycles. The molecule has 3 N–H and O–H groups in total. The molecule has 0 fully saturated rings. The first-order valence-corrected chi connectivity index (χ1v) is 6.85. The predicted octanol–water partition coefficient (Wildman–Crippen LogP) is 1.55. The van der Waals surface area contributed by atoms with E-state index in [9.17, 15) is 4.79 Å². The third kappa shape index (κ3) is 5.19. The summed E-state index contributed by atoms with van der Waals surface area (Å²) in [7, 11) is 5.18. The lowest BCUT2D eigenvalue weighted by Gasteiger charge is -2.19. The van der Waals surface area contributed by atoms with Crippen LogP contribution in [0.3, 0.4) is 0 Å². The van der Waals surface area contributed by atoms with Crippen LogP contribution < -0.4 is 11.1 Å². The second-order valence-electron chi connectivity index (χ2n) is 5.00. The van der Waals surface area contributed by atoms with E-state index < -0.39 is 0 Å². The van der Waals surface area contributed by atoms with Gasteiger partial charge in [-0.05, 0) is 43.7 Å². The molecule has 1 unspecified atom stereocenters. The lowest BCUT2D eigenvalue weighted by molar-refractivity contribution is 0.0827. The number of rotatable bonds is 8. The Balaban J connectivity index is 2.64. The molecule has 5 heteroatoms. The van der Waals surface area contributed by atoms with E-state index in [0.29, 0.717) is 18.7 Å². The standard InChI is InChI=1S/C15H25N3O2/c1-18(2)15(19)12-6-8-13(9-7-12)17-14(11-20-3)5-4-10-16/h6-9,14,17H,4-5,10-11,16H2,1-3H3. The van der Waals surface area contributed by atoms with E-state index in [1.165, 1.54) is 0 Å². The van der Waals surface area contributed by atoms with E-state index in [2.05, 4.69) is 5.32 Å². The number of ether oxygens (including phenoxy) is 1. The molecular formula is C15H25N3O2. The Morgan fingerprint density at radius 3 is 2.50 bits per heavy atom. The Hall–Kier alpha value is -1.59. The number of benzene rings is 1. The molecular weight excluding hydrogens is 254 g/mol. The molecule has 1 rings (SSSR count). The number of nitrogens with one attached hydrogen (secondary N) is 1. The minimum Gasteiger partial charge on any atom is -0.383 e. The van der Waals surface area contributed by atoms with Crippen molar-refractivity contribution >= 4 is 11.6 Å². The number of anilines is 1. The molecule has 112 valence electrons. The van der Waals surface area contributed by atoms with Crippen molar-refractivity contribution in [2.75, 3.05) is 39.7 Å². The number of amides is 1. The number of carbonyl (C=O) groups excluding carboxylic acids is 1. The first-order valence-electron chi connectivity index (χ1n) is 6.85. The van der Waals surface area contributed by atoms with Crippen LogP contribution in [0.4, 0.5) is 5.69 Å². The predicted molar refractivity (Wildman–Crippen MR) is 82.0 cm³/mol. The van der Waals surface area contributed by atoms with Crippen molar-refractivity contribution < 1.29 is 9.53 Å². The summed E-state index contributed by atoms with van der Waals surface area (Å²) in [6, 6.07) is 7.73. The summed E-state index contributed by atoms with van der Waals surface area (Å²) in [6.45, 7) is 1.32. The van der Waals surface area contributed by atoms with Crippen molar-refractivity contribution in [1.82, 2.24) is 4.90 Å². The molecule has 0 bridgehead atoms. The highest BCUT2D eigenvalue weighted by Crippen LogP contribution is 2.13. The number of nitrogens with two attached hydrogens (primary N) is 1. The van der Waals surface area contributed by atoms with Crippen molar-refractivity contribution in [1.29, 1.82) is 0 Å². The van der Waals surface area contributed by atoms with Gasteiger partial charge in [0.2, 0.25) is 0 Å². The topological polar surface area (TPSA) is 67.6 Å². The van der Waals surface area contributed by atoms with Crippen molar-refractivity contribution in [3.8, 4) is 0 Å². The van der Waals surface area contributed by atoms with Crippen LogP contribution in [0.5, 0.6) is 0 Å². The van der Waals surface area contributed by atoms with Gasteiger partial charge in [0.1, 0.15) is 0 Å². The van der Waals surface area contributed by atoms with Crippen LogP contribution in [0.2, 0.25) is 0 Å². The fraction of sp³-hybridized carbons (Fsp3) is 0.533. The van der Waals surface area contributed by atoms with Crippen LogP contribution in [0.15, 0.2) is 24.3 Å². The van der Waals surface area contributed by atoms with E-state index in [1.807, 2.05) is 24.3 Å². The molecule has 0 aliphatic rings. The molecule has 0 radical (unpaired) electrons. The zero-order valence-electron chi connectivity index (χ0n) is 12.6. The molecule has 0 saturated heterocycles. The van der Waals surface area contributed by atoms with Gasteiger partial charge < -0.3 is 20.7 Å². The van der Waals surface area contributed by atoms with E-state index in [4.69, 9.17) is 10.5 Å². The van der Waals surface area contributed by atoms with Crippen molar-refractivity contribution in [3.05, 3.63) is 29.8 Å². The largest absolute Gasteiger partial charge is 0.383 e. The van der Waals surface area contributed by atoms with Crippen molar-refractivity contribution in [2.24, 2.45) is 5.73 Å². The molecule has 0 aromatic heterocycles. The Bertz CT molecular complexity index is 404. The minimum atomic E-state index is 0.00752. The van der Waals surface area contributed by atoms with Crippen molar-refractivity contribution in [2.45, 2.75) is 18.9 Å². The Morgan fingerprint density at radius 1 is 1.35 bits per heavy atom. The molecule has 1 amide bonds. The average molecular weight is 279 g/mol. The lowest BCUT2D eigenvalue weighted by Crippen LogP contribution is -2.26. The van der Waals surface area contributed by atoms with E-state index in [-0.39, 0.29) is 11.9 Å². The minimum absolute atomic E-state index is 0.00752. The fourth-order valence-electron chi connectivity index (χ4n) is 1.97. The molecule has 0 saturated carbocycles. The highest BCUT2D eigenvalue weighted by molar-refractivity contribution is 5.94. The first-order chi connectivity index (χ1) is 9.58. The lowest BCUT2D eigenvalue weighted by atomic mass is 10.1. The summed E-state index contributed by atoms with van der Waals surface area (Å²) in [4.78, 5) is 13.4. The normalized spacial score (nSPS) is 12.0. The van der Waals surface area contributed by atoms with Crippen LogP contribution in [0.1, 0.15) is 23.2 Å². The second-order valence-corrected chi connectivity index (χ2v) is 5.00. The summed E-state index contributed by atoms with van der Waals surface area (Å²) < 4.78 is 5.20. The van der Waals surface area contributed by atoms with Gasteiger partial charge in [0.25, 0.3) is 5.91 Å². The quantitative estimate of drug-likeness (QED) is 0.757. The Kier molecular flexibility index (Phi) is 7.04. The van der Waals surface area contributed by atoms with Crippen LogP contribution in [0.25, 0.3) is 0 Å². The Labute approximate surface area is 121 Å². The number of hydrogen-bond acceptors (Lipinski definition) is 4. The van der Waals surface area contributed by atoms with E-state index in [0.717, 1.165) is 18.5 Å². The second kappa shape index (κ2) is 8.55. The maximum atomic E-state index is 11.8. The summed E-state index contributed by atoms with van der Waals surface area (Å²) in [6.07, 6.45) is 1.92. The molecule has 0 spiro atoms. The Morgan fingerprint density at radius 2 is 2.00 bits per heavy atom. The highest BCUT2D eigenvalue weighted by atomic mass is 16.5. The van der Waals surface area contributed by atoms with Gasteiger partial charge in [-0.2, -0.15) is 0 Å². The fourth-order valence-corrected chi connectivity index (χ4v) is 1.97. The van der Waals surface area contributed by atoms with E-state index in [1.54, 1.807) is 26.1 Å². The number of hydrogen-bond donors (Lipinski definition) is 2. The summed E-state index contributed by atoms with van der Waals surface area (Å²) in [5, 5.41) is 3.40. The SMILES string of the molecule is COCC(CCCN)Nc1ccc(C(=O)N(C)C)cc1. The summed E-state index contributed by atoms with van der Waals surface area (Å²) in [5.74, 6) is 0.00752. The summed E-state index contributed by atoms with van der Waals surface area (Å²) in [5.41, 5.74) is 7.21. The molecule has 1 atom stereocenters. The number of methoxy groups -OCH3 is 1. The first kappa shape index (κ1) is 16.5. The third-order valence-electron chi connectivity index (χ3n) is 3.03. The highest BCUT2D eigenvalue weighted by Gasteiger charge is 2.10. The third-order valence-corrected chi connectivity index (χ3v) is 3.03. The van der Waals surface area contributed by atoms with Gasteiger partial charge in [-0.25, -0.2) is 0 Å². The smallest absolute Gasteiger partial charge is 0.253 e. The number of nitrogens with zero attached hydrogens (tertiary/aromatic N) is 1. The molecule has 0 aliphatic carbocycles. The molecule has 0 aliphatic heterocycles. The van der Waals surface area contributed by atoms with Crippen LogP contribution in [-0.2, 0) is 4.74 Å². The van der Waals surface area contributed by atoms with Gasteiger partial charge in [-0.1, -0.05) is 0 Å². The molecule has 5 nitrogen and oxygen atoms in total. The zero-order valence-corrected chi connectivity index (χ0v) is 12.6. The molecule has 0 heterocycles. The van der Waals surface area contributed by atoms with Crippen LogP contribution in [-0.4, -0.2) is 51.2 Å². The van der Waals surface area contributed by atoms with Crippen LogP contribution >= 0.6 is 0 Å². The van der Waals surface area contributed by atoms with Gasteiger partial charge in [0.05, 0.1) is 6.61 Å². The van der Waals surface area contributed by atoms with Crippen molar-refractivity contribution in [3.63, 3.8) is 0 Å². The van der Waals surface area contributed by atoms with Gasteiger partial charge in [0, 0.05) is 38.5 Å². The zero-order chi connectivity index (χ0) is 15.0.